The molecule has 1 aromatic heterocycles. The summed E-state index contributed by atoms with van der Waals surface area (Å²) in [4.78, 5) is 13.5. The number of fused-ring (bicyclic) bond motifs is 1. The van der Waals surface area contributed by atoms with E-state index in [9.17, 15) is 4.39 Å². The first kappa shape index (κ1) is 19.9. The molecular formula is C20H30FN5O. The summed E-state index contributed by atoms with van der Waals surface area (Å²) in [5.41, 5.74) is -0.186. The number of rotatable bonds is 7. The Morgan fingerprint density at radius 3 is 2.56 bits per heavy atom. The van der Waals surface area contributed by atoms with E-state index in [1.807, 2.05) is 12.1 Å². The van der Waals surface area contributed by atoms with E-state index in [2.05, 4.69) is 32.0 Å². The fraction of sp³-hybridized carbons (Fsp3) is 0.600. The second-order valence-electron chi connectivity index (χ2n) is 7.78. The van der Waals surface area contributed by atoms with Crippen LogP contribution in [0.2, 0.25) is 0 Å². The highest BCUT2D eigenvalue weighted by Crippen LogP contribution is 2.32. The van der Waals surface area contributed by atoms with Crippen LogP contribution in [0.25, 0.3) is 10.9 Å². The zero-order valence-corrected chi connectivity index (χ0v) is 16.7. The fourth-order valence-electron chi connectivity index (χ4n) is 3.63. The number of para-hydroxylation sites is 1. The highest BCUT2D eigenvalue weighted by atomic mass is 19.1. The van der Waals surface area contributed by atoms with Gasteiger partial charge >= 0.3 is 0 Å². The lowest BCUT2D eigenvalue weighted by molar-refractivity contribution is 0.0265. The number of methoxy groups -OCH3 is 1. The van der Waals surface area contributed by atoms with E-state index in [0.717, 1.165) is 43.9 Å². The maximum atomic E-state index is 14.5. The largest absolute Gasteiger partial charge is 0.369 e. The Labute approximate surface area is 160 Å². The van der Waals surface area contributed by atoms with Gasteiger partial charge in [-0.3, -0.25) is 9.80 Å². The summed E-state index contributed by atoms with van der Waals surface area (Å²) in [5, 5.41) is 4.35. The predicted octanol–water partition coefficient (Wildman–Crippen LogP) is 2.86. The van der Waals surface area contributed by atoms with Gasteiger partial charge in [0.15, 0.2) is 0 Å². The zero-order chi connectivity index (χ0) is 19.4. The van der Waals surface area contributed by atoms with Crippen LogP contribution in [0.1, 0.15) is 26.3 Å². The van der Waals surface area contributed by atoms with Crippen LogP contribution in [0, 0.1) is 0 Å². The molecule has 2 aromatic rings. The summed E-state index contributed by atoms with van der Waals surface area (Å²) >= 11 is 0. The lowest BCUT2D eigenvalue weighted by Crippen LogP contribution is -2.49. The maximum Gasteiger partial charge on any atom is 0.137 e. The minimum atomic E-state index is -1.45. The van der Waals surface area contributed by atoms with E-state index in [1.54, 1.807) is 27.0 Å². The topological polar surface area (TPSA) is 53.5 Å². The summed E-state index contributed by atoms with van der Waals surface area (Å²) in [7, 11) is 1.74. The molecule has 1 saturated heterocycles. The minimum Gasteiger partial charge on any atom is -0.369 e. The molecule has 0 unspecified atom stereocenters. The molecule has 0 saturated carbocycles. The number of anilines is 1. The monoisotopic (exact) mass is 375 g/mol. The van der Waals surface area contributed by atoms with Crippen molar-refractivity contribution >= 4 is 16.7 Å². The number of hydrogen-bond acceptors (Lipinski definition) is 6. The van der Waals surface area contributed by atoms with Gasteiger partial charge in [0.2, 0.25) is 0 Å². The first-order chi connectivity index (χ1) is 12.9. The van der Waals surface area contributed by atoms with Gasteiger partial charge in [-0.25, -0.2) is 14.4 Å². The molecule has 1 fully saturated rings. The quantitative estimate of drug-likeness (QED) is 0.803. The van der Waals surface area contributed by atoms with Crippen LogP contribution in [-0.4, -0.2) is 72.4 Å². The molecule has 0 amide bonds. The summed E-state index contributed by atoms with van der Waals surface area (Å²) in [5.74, 6) is 0.761. The summed E-state index contributed by atoms with van der Waals surface area (Å²) in [6.45, 7) is 11.0. The Bertz CT molecular complexity index is 756. The van der Waals surface area contributed by atoms with E-state index in [4.69, 9.17) is 4.74 Å². The van der Waals surface area contributed by atoms with Crippen molar-refractivity contribution in [3.8, 4) is 0 Å². The van der Waals surface area contributed by atoms with Gasteiger partial charge in [-0.1, -0.05) is 12.1 Å². The standard InChI is InChI=1S/C20H30FN5O/c1-15(12-25-8-10-26(11-9-25)14-27-4)24-19-16-6-5-7-17(20(2,3)21)18(16)22-13-23-19/h5-7,13,15H,8-12,14H2,1-4H3,(H,22,23,24)/t15-/m0/s1. The molecule has 3 rings (SSSR count). The van der Waals surface area contributed by atoms with Crippen molar-refractivity contribution in [3.63, 3.8) is 0 Å². The van der Waals surface area contributed by atoms with Crippen LogP contribution in [0.5, 0.6) is 0 Å². The Morgan fingerprint density at radius 1 is 1.19 bits per heavy atom. The van der Waals surface area contributed by atoms with Gasteiger partial charge in [0.25, 0.3) is 0 Å². The van der Waals surface area contributed by atoms with Crippen LogP contribution in [-0.2, 0) is 10.4 Å². The predicted molar refractivity (Wildman–Crippen MR) is 107 cm³/mol. The number of aromatic nitrogens is 2. The van der Waals surface area contributed by atoms with E-state index in [-0.39, 0.29) is 6.04 Å². The molecule has 1 atom stereocenters. The van der Waals surface area contributed by atoms with Crippen LogP contribution in [0.3, 0.4) is 0 Å². The van der Waals surface area contributed by atoms with Crippen molar-refractivity contribution in [2.45, 2.75) is 32.5 Å². The zero-order valence-electron chi connectivity index (χ0n) is 16.7. The fourth-order valence-corrected chi connectivity index (χ4v) is 3.63. The van der Waals surface area contributed by atoms with Crippen molar-refractivity contribution in [1.29, 1.82) is 0 Å². The maximum absolute atomic E-state index is 14.5. The van der Waals surface area contributed by atoms with E-state index < -0.39 is 5.67 Å². The van der Waals surface area contributed by atoms with Gasteiger partial charge < -0.3 is 10.1 Å². The Morgan fingerprint density at radius 2 is 1.89 bits per heavy atom. The molecule has 0 radical (unpaired) electrons. The molecule has 6 nitrogen and oxygen atoms in total. The average molecular weight is 375 g/mol. The van der Waals surface area contributed by atoms with Crippen LogP contribution >= 0.6 is 0 Å². The molecular weight excluding hydrogens is 345 g/mol. The third kappa shape index (κ3) is 4.91. The summed E-state index contributed by atoms with van der Waals surface area (Å²) in [6.07, 6.45) is 1.51. The van der Waals surface area contributed by atoms with Crippen LogP contribution in [0.15, 0.2) is 24.5 Å². The third-order valence-corrected chi connectivity index (χ3v) is 5.00. The first-order valence-electron chi connectivity index (χ1n) is 9.52. The van der Waals surface area contributed by atoms with Gasteiger partial charge in [0.1, 0.15) is 17.8 Å². The molecule has 148 valence electrons. The lowest BCUT2D eigenvalue weighted by atomic mass is 9.97. The second-order valence-corrected chi connectivity index (χ2v) is 7.78. The smallest absolute Gasteiger partial charge is 0.137 e. The molecule has 1 aliphatic rings. The van der Waals surface area contributed by atoms with Gasteiger partial charge in [-0.05, 0) is 26.8 Å². The number of piperazine rings is 1. The lowest BCUT2D eigenvalue weighted by Gasteiger charge is -2.35. The number of ether oxygens (including phenoxy) is 1. The number of halogens is 1. The molecule has 1 aliphatic heterocycles. The molecule has 1 N–H and O–H groups in total. The SMILES string of the molecule is COCN1CCN(C[C@H](C)Nc2ncnc3c(C(C)(C)F)cccc23)CC1. The Hall–Kier alpha value is -1.83. The Kier molecular flexibility index (Phi) is 6.24. The van der Waals surface area contributed by atoms with Gasteiger partial charge in [0, 0.05) is 56.8 Å². The molecule has 0 bridgehead atoms. The van der Waals surface area contributed by atoms with Crippen molar-refractivity contribution in [1.82, 2.24) is 19.8 Å². The third-order valence-electron chi connectivity index (χ3n) is 5.00. The number of nitrogens with one attached hydrogen (secondary N) is 1. The number of nitrogens with zero attached hydrogens (tertiary/aromatic N) is 4. The Balaban J connectivity index is 1.68. The van der Waals surface area contributed by atoms with Crippen molar-refractivity contribution in [2.24, 2.45) is 0 Å². The molecule has 1 aromatic carbocycles. The highest BCUT2D eigenvalue weighted by Gasteiger charge is 2.23. The summed E-state index contributed by atoms with van der Waals surface area (Å²) < 4.78 is 19.7. The molecule has 2 heterocycles. The number of benzene rings is 1. The average Bonchev–Trinajstić information content (AvgIpc) is 2.62. The number of alkyl halides is 1. The van der Waals surface area contributed by atoms with Crippen molar-refractivity contribution in [3.05, 3.63) is 30.1 Å². The normalized spacial score (nSPS) is 18.0. The first-order valence-corrected chi connectivity index (χ1v) is 9.52. The molecule has 0 spiro atoms. The van der Waals surface area contributed by atoms with Crippen molar-refractivity contribution < 1.29 is 9.13 Å². The molecule has 27 heavy (non-hydrogen) atoms. The highest BCUT2D eigenvalue weighted by molar-refractivity contribution is 5.91. The van der Waals surface area contributed by atoms with E-state index >= 15 is 0 Å². The van der Waals surface area contributed by atoms with E-state index in [1.165, 1.54) is 6.33 Å². The van der Waals surface area contributed by atoms with Crippen molar-refractivity contribution in [2.75, 3.05) is 51.9 Å². The molecule has 0 aliphatic carbocycles. The van der Waals surface area contributed by atoms with Gasteiger partial charge in [-0.2, -0.15) is 0 Å². The van der Waals surface area contributed by atoms with Gasteiger partial charge in [-0.15, -0.1) is 0 Å². The minimum absolute atomic E-state index is 0.221. The second kappa shape index (κ2) is 8.46. The summed E-state index contributed by atoms with van der Waals surface area (Å²) in [6, 6.07) is 5.83. The van der Waals surface area contributed by atoms with Crippen LogP contribution in [0.4, 0.5) is 10.2 Å². The molecule has 7 heteroatoms. The van der Waals surface area contributed by atoms with E-state index in [0.29, 0.717) is 17.8 Å². The van der Waals surface area contributed by atoms with Crippen LogP contribution < -0.4 is 5.32 Å². The van der Waals surface area contributed by atoms with Gasteiger partial charge in [0.05, 0.1) is 12.2 Å². The number of hydrogen-bond donors (Lipinski definition) is 1.